The molecule has 1 N–H and O–H groups in total. The van der Waals surface area contributed by atoms with Crippen LogP contribution in [0.4, 0.5) is 0 Å². The van der Waals surface area contributed by atoms with Gasteiger partial charge in [-0.05, 0) is 25.8 Å². The van der Waals surface area contributed by atoms with E-state index < -0.39 is 0 Å². The number of aromatic nitrogens is 1. The first-order valence-corrected chi connectivity index (χ1v) is 5.86. The monoisotopic (exact) mass is 196 g/mol. The minimum Gasteiger partial charge on any atom is -0.314 e. The SMILES string of the molecule is CNCc1ncsc1C1CCCC1. The smallest absolute Gasteiger partial charge is 0.0798 e. The Morgan fingerprint density at radius 2 is 2.31 bits per heavy atom. The van der Waals surface area contributed by atoms with Crippen LogP contribution >= 0.6 is 11.3 Å². The van der Waals surface area contributed by atoms with Gasteiger partial charge in [-0.25, -0.2) is 4.98 Å². The molecule has 72 valence electrons. The lowest BCUT2D eigenvalue weighted by Gasteiger charge is -2.08. The van der Waals surface area contributed by atoms with Crippen molar-refractivity contribution in [2.24, 2.45) is 0 Å². The van der Waals surface area contributed by atoms with Crippen LogP contribution in [0.25, 0.3) is 0 Å². The number of hydrogen-bond acceptors (Lipinski definition) is 3. The van der Waals surface area contributed by atoms with Crippen LogP contribution in [0.2, 0.25) is 0 Å². The standard InChI is InChI=1S/C10H16N2S/c1-11-6-9-10(13-7-12-9)8-4-2-3-5-8/h7-8,11H,2-6H2,1H3. The molecule has 3 heteroatoms. The Labute approximate surface area is 83.4 Å². The normalized spacial score (nSPS) is 18.2. The Morgan fingerprint density at radius 3 is 3.00 bits per heavy atom. The van der Waals surface area contributed by atoms with E-state index in [0.717, 1.165) is 12.5 Å². The van der Waals surface area contributed by atoms with Crippen molar-refractivity contribution in [1.82, 2.24) is 10.3 Å². The lowest BCUT2D eigenvalue weighted by Crippen LogP contribution is -2.08. The molecule has 0 saturated heterocycles. The first-order valence-electron chi connectivity index (χ1n) is 4.98. The van der Waals surface area contributed by atoms with Gasteiger partial charge in [-0.15, -0.1) is 11.3 Å². The summed E-state index contributed by atoms with van der Waals surface area (Å²) >= 11 is 1.84. The van der Waals surface area contributed by atoms with Crippen molar-refractivity contribution >= 4 is 11.3 Å². The molecule has 0 atom stereocenters. The van der Waals surface area contributed by atoms with Crippen LogP contribution in [-0.2, 0) is 6.54 Å². The van der Waals surface area contributed by atoms with E-state index in [2.05, 4.69) is 10.3 Å². The molecular weight excluding hydrogens is 180 g/mol. The molecule has 2 rings (SSSR count). The van der Waals surface area contributed by atoms with E-state index in [1.165, 1.54) is 36.3 Å². The van der Waals surface area contributed by atoms with Crippen LogP contribution in [0.5, 0.6) is 0 Å². The van der Waals surface area contributed by atoms with E-state index in [1.807, 2.05) is 23.9 Å². The lowest BCUT2D eigenvalue weighted by molar-refractivity contribution is 0.705. The van der Waals surface area contributed by atoms with Crippen molar-refractivity contribution in [3.05, 3.63) is 16.1 Å². The third kappa shape index (κ3) is 1.92. The molecule has 2 nitrogen and oxygen atoms in total. The Bertz CT molecular complexity index is 264. The lowest BCUT2D eigenvalue weighted by atomic mass is 10.1. The molecule has 1 aliphatic carbocycles. The second kappa shape index (κ2) is 4.20. The molecule has 1 aliphatic rings. The molecule has 1 aromatic heterocycles. The molecule has 0 spiro atoms. The molecular formula is C10H16N2S. The quantitative estimate of drug-likeness (QED) is 0.803. The molecule has 1 aromatic rings. The highest BCUT2D eigenvalue weighted by molar-refractivity contribution is 7.09. The number of rotatable bonds is 3. The van der Waals surface area contributed by atoms with Crippen LogP contribution in [0.15, 0.2) is 5.51 Å². The van der Waals surface area contributed by atoms with Crippen LogP contribution in [0, 0.1) is 0 Å². The third-order valence-corrected chi connectivity index (χ3v) is 3.78. The summed E-state index contributed by atoms with van der Waals surface area (Å²) in [5.41, 5.74) is 3.26. The van der Waals surface area contributed by atoms with Gasteiger partial charge in [0.15, 0.2) is 0 Å². The number of nitrogens with zero attached hydrogens (tertiary/aromatic N) is 1. The van der Waals surface area contributed by atoms with E-state index >= 15 is 0 Å². The van der Waals surface area contributed by atoms with E-state index in [1.54, 1.807) is 0 Å². The zero-order chi connectivity index (χ0) is 9.10. The van der Waals surface area contributed by atoms with Gasteiger partial charge in [-0.2, -0.15) is 0 Å². The Morgan fingerprint density at radius 1 is 1.54 bits per heavy atom. The summed E-state index contributed by atoms with van der Waals surface area (Å²) in [6, 6.07) is 0. The van der Waals surface area contributed by atoms with Crippen molar-refractivity contribution in [3.8, 4) is 0 Å². The topological polar surface area (TPSA) is 24.9 Å². The first kappa shape index (κ1) is 9.16. The molecule has 0 amide bonds. The number of hydrogen-bond donors (Lipinski definition) is 1. The van der Waals surface area contributed by atoms with E-state index in [0.29, 0.717) is 0 Å². The van der Waals surface area contributed by atoms with E-state index in [-0.39, 0.29) is 0 Å². The van der Waals surface area contributed by atoms with Crippen molar-refractivity contribution in [2.75, 3.05) is 7.05 Å². The molecule has 13 heavy (non-hydrogen) atoms. The molecule has 0 aromatic carbocycles. The van der Waals surface area contributed by atoms with Crippen molar-refractivity contribution in [3.63, 3.8) is 0 Å². The van der Waals surface area contributed by atoms with Crippen LogP contribution in [0.1, 0.15) is 42.2 Å². The summed E-state index contributed by atoms with van der Waals surface area (Å²) in [4.78, 5) is 5.94. The summed E-state index contributed by atoms with van der Waals surface area (Å²) in [7, 11) is 1.98. The van der Waals surface area contributed by atoms with Crippen molar-refractivity contribution < 1.29 is 0 Å². The minimum atomic E-state index is 0.816. The number of nitrogens with one attached hydrogen (secondary N) is 1. The highest BCUT2D eigenvalue weighted by Gasteiger charge is 2.21. The largest absolute Gasteiger partial charge is 0.314 e. The van der Waals surface area contributed by atoms with Gasteiger partial charge in [0.2, 0.25) is 0 Å². The maximum atomic E-state index is 4.41. The van der Waals surface area contributed by atoms with Gasteiger partial charge in [0.05, 0.1) is 11.2 Å². The van der Waals surface area contributed by atoms with Crippen LogP contribution in [-0.4, -0.2) is 12.0 Å². The molecule has 0 aliphatic heterocycles. The first-order chi connectivity index (χ1) is 6.42. The fraction of sp³-hybridized carbons (Fsp3) is 0.700. The van der Waals surface area contributed by atoms with Gasteiger partial charge >= 0.3 is 0 Å². The van der Waals surface area contributed by atoms with Gasteiger partial charge in [0, 0.05) is 11.4 Å². The summed E-state index contributed by atoms with van der Waals surface area (Å²) in [6.45, 7) is 0.926. The predicted molar refractivity (Wildman–Crippen MR) is 56.1 cm³/mol. The maximum absolute atomic E-state index is 4.41. The van der Waals surface area contributed by atoms with E-state index in [9.17, 15) is 0 Å². The van der Waals surface area contributed by atoms with Gasteiger partial charge in [0.25, 0.3) is 0 Å². The molecule has 0 unspecified atom stereocenters. The highest BCUT2D eigenvalue weighted by atomic mass is 32.1. The fourth-order valence-electron chi connectivity index (χ4n) is 2.10. The van der Waals surface area contributed by atoms with Gasteiger partial charge in [0.1, 0.15) is 0 Å². The van der Waals surface area contributed by atoms with Crippen molar-refractivity contribution in [2.45, 2.75) is 38.1 Å². The molecule has 0 bridgehead atoms. The summed E-state index contributed by atoms with van der Waals surface area (Å²) < 4.78 is 0. The van der Waals surface area contributed by atoms with E-state index in [4.69, 9.17) is 0 Å². The maximum Gasteiger partial charge on any atom is 0.0798 e. The molecule has 1 heterocycles. The molecule has 1 fully saturated rings. The molecule has 1 saturated carbocycles. The fourth-order valence-corrected chi connectivity index (χ4v) is 3.08. The van der Waals surface area contributed by atoms with Gasteiger partial charge in [-0.3, -0.25) is 0 Å². The molecule has 0 radical (unpaired) electrons. The predicted octanol–water partition coefficient (Wildman–Crippen LogP) is 2.52. The second-order valence-corrected chi connectivity index (χ2v) is 4.56. The Kier molecular flexibility index (Phi) is 2.96. The summed E-state index contributed by atoms with van der Waals surface area (Å²) in [6.07, 6.45) is 5.56. The van der Waals surface area contributed by atoms with Crippen LogP contribution < -0.4 is 5.32 Å². The zero-order valence-corrected chi connectivity index (χ0v) is 8.86. The van der Waals surface area contributed by atoms with Crippen molar-refractivity contribution in [1.29, 1.82) is 0 Å². The summed E-state index contributed by atoms with van der Waals surface area (Å²) in [5, 5.41) is 3.18. The third-order valence-electron chi connectivity index (χ3n) is 2.74. The summed E-state index contributed by atoms with van der Waals surface area (Å²) in [5.74, 6) is 0.816. The van der Waals surface area contributed by atoms with Gasteiger partial charge < -0.3 is 5.32 Å². The Hall–Kier alpha value is -0.410. The van der Waals surface area contributed by atoms with Crippen LogP contribution in [0.3, 0.4) is 0 Å². The zero-order valence-electron chi connectivity index (χ0n) is 8.05. The second-order valence-electron chi connectivity index (χ2n) is 3.68. The van der Waals surface area contributed by atoms with Gasteiger partial charge in [-0.1, -0.05) is 12.8 Å². The highest BCUT2D eigenvalue weighted by Crippen LogP contribution is 2.37. The average molecular weight is 196 g/mol. The average Bonchev–Trinajstić information content (AvgIpc) is 2.71. The number of thiazole rings is 1. The Balaban J connectivity index is 2.13. The minimum absolute atomic E-state index is 0.816.